The van der Waals surface area contributed by atoms with Crippen molar-refractivity contribution < 1.29 is 13.6 Å². The summed E-state index contributed by atoms with van der Waals surface area (Å²) >= 11 is 0. The van der Waals surface area contributed by atoms with Crippen LogP contribution in [0.3, 0.4) is 0 Å². The van der Waals surface area contributed by atoms with Gasteiger partial charge in [0.15, 0.2) is 0 Å². The SMILES string of the molecule is CC(C)(C)C(=O)N1CC(C(F)F)C1. The second-order valence-electron chi connectivity index (χ2n) is 4.55. The van der Waals surface area contributed by atoms with Crippen LogP contribution < -0.4 is 0 Å². The molecule has 1 aliphatic rings. The number of carbonyl (C=O) groups is 1. The molecule has 0 saturated carbocycles. The second-order valence-corrected chi connectivity index (χ2v) is 4.55. The van der Waals surface area contributed by atoms with Crippen molar-refractivity contribution in [3.63, 3.8) is 0 Å². The lowest BCUT2D eigenvalue weighted by molar-refractivity contribution is -0.150. The van der Waals surface area contributed by atoms with Crippen LogP contribution in [0.2, 0.25) is 0 Å². The summed E-state index contributed by atoms with van der Waals surface area (Å²) in [6.07, 6.45) is -2.29. The van der Waals surface area contributed by atoms with E-state index in [0.717, 1.165) is 0 Å². The number of carbonyl (C=O) groups excluding carboxylic acids is 1. The third kappa shape index (κ3) is 2.17. The maximum absolute atomic E-state index is 12.1. The molecule has 1 saturated heterocycles. The van der Waals surface area contributed by atoms with E-state index in [9.17, 15) is 13.6 Å². The van der Waals surface area contributed by atoms with Crippen molar-refractivity contribution in [2.24, 2.45) is 11.3 Å². The van der Waals surface area contributed by atoms with E-state index in [1.165, 1.54) is 4.90 Å². The van der Waals surface area contributed by atoms with Crippen molar-refractivity contribution in [1.29, 1.82) is 0 Å². The molecule has 1 aliphatic heterocycles. The molecule has 0 spiro atoms. The standard InChI is InChI=1S/C9H15F2NO/c1-9(2,3)8(13)12-4-6(5-12)7(10)11/h6-7H,4-5H2,1-3H3. The van der Waals surface area contributed by atoms with Crippen LogP contribution in [0.5, 0.6) is 0 Å². The first kappa shape index (κ1) is 10.4. The minimum Gasteiger partial charge on any atom is -0.341 e. The van der Waals surface area contributed by atoms with Crippen LogP contribution in [0.1, 0.15) is 20.8 Å². The number of likely N-dealkylation sites (tertiary alicyclic amines) is 1. The van der Waals surface area contributed by atoms with Gasteiger partial charge >= 0.3 is 0 Å². The molecule has 0 aromatic carbocycles. The number of hydrogen-bond acceptors (Lipinski definition) is 1. The van der Waals surface area contributed by atoms with Crippen LogP contribution >= 0.6 is 0 Å². The maximum Gasteiger partial charge on any atom is 0.244 e. The number of halogens is 2. The summed E-state index contributed by atoms with van der Waals surface area (Å²) in [5.41, 5.74) is -0.451. The van der Waals surface area contributed by atoms with E-state index in [1.807, 2.05) is 0 Å². The maximum atomic E-state index is 12.1. The Morgan fingerprint density at radius 1 is 1.38 bits per heavy atom. The van der Waals surface area contributed by atoms with Crippen LogP contribution in [0.4, 0.5) is 8.78 Å². The summed E-state index contributed by atoms with van der Waals surface area (Å²) in [4.78, 5) is 13.0. The fourth-order valence-corrected chi connectivity index (χ4v) is 1.31. The summed E-state index contributed by atoms with van der Waals surface area (Å²) in [6, 6.07) is 0. The van der Waals surface area contributed by atoms with Crippen molar-refractivity contribution in [2.75, 3.05) is 13.1 Å². The Kier molecular flexibility index (Phi) is 2.59. The van der Waals surface area contributed by atoms with Gasteiger partial charge in [-0.3, -0.25) is 4.79 Å². The minimum absolute atomic E-state index is 0.0376. The van der Waals surface area contributed by atoms with E-state index >= 15 is 0 Å². The molecule has 0 radical (unpaired) electrons. The van der Waals surface area contributed by atoms with Crippen molar-refractivity contribution in [2.45, 2.75) is 27.2 Å². The zero-order valence-corrected chi connectivity index (χ0v) is 8.18. The molecule has 0 N–H and O–H groups in total. The topological polar surface area (TPSA) is 20.3 Å². The van der Waals surface area contributed by atoms with Crippen LogP contribution in [0, 0.1) is 11.3 Å². The summed E-state index contributed by atoms with van der Waals surface area (Å²) in [7, 11) is 0. The van der Waals surface area contributed by atoms with Gasteiger partial charge < -0.3 is 4.90 Å². The molecule has 0 aromatic rings. The Hall–Kier alpha value is -0.670. The highest BCUT2D eigenvalue weighted by molar-refractivity contribution is 5.82. The molecule has 0 bridgehead atoms. The monoisotopic (exact) mass is 191 g/mol. The molecule has 2 nitrogen and oxygen atoms in total. The van der Waals surface area contributed by atoms with Crippen molar-refractivity contribution >= 4 is 5.91 Å². The highest BCUT2D eigenvalue weighted by Crippen LogP contribution is 2.27. The van der Waals surface area contributed by atoms with Crippen LogP contribution in [-0.4, -0.2) is 30.3 Å². The lowest BCUT2D eigenvalue weighted by Gasteiger charge is -2.41. The molecule has 1 fully saturated rings. The lowest BCUT2D eigenvalue weighted by atomic mass is 9.90. The number of hydrogen-bond donors (Lipinski definition) is 0. The molecular formula is C9H15F2NO. The van der Waals surface area contributed by atoms with E-state index < -0.39 is 17.8 Å². The predicted octanol–water partition coefficient (Wildman–Crippen LogP) is 1.76. The summed E-state index contributed by atoms with van der Waals surface area (Å²) < 4.78 is 24.2. The molecule has 1 heterocycles. The molecule has 0 unspecified atom stereocenters. The first-order valence-electron chi connectivity index (χ1n) is 4.40. The molecular weight excluding hydrogens is 176 g/mol. The number of rotatable bonds is 1. The van der Waals surface area contributed by atoms with Gasteiger partial charge in [-0.05, 0) is 0 Å². The number of alkyl halides is 2. The quantitative estimate of drug-likeness (QED) is 0.618. The highest BCUT2D eigenvalue weighted by atomic mass is 19.3. The third-order valence-corrected chi connectivity index (χ3v) is 2.19. The Morgan fingerprint density at radius 2 is 1.85 bits per heavy atom. The van der Waals surface area contributed by atoms with Crippen LogP contribution in [0.15, 0.2) is 0 Å². The predicted molar refractivity (Wildman–Crippen MR) is 45.5 cm³/mol. The first-order valence-corrected chi connectivity index (χ1v) is 4.40. The van der Waals surface area contributed by atoms with Crippen molar-refractivity contribution in [3.8, 4) is 0 Å². The van der Waals surface area contributed by atoms with Gasteiger partial charge in [-0.1, -0.05) is 20.8 Å². The van der Waals surface area contributed by atoms with E-state index in [4.69, 9.17) is 0 Å². The summed E-state index contributed by atoms with van der Waals surface area (Å²) in [5.74, 6) is -0.643. The Bertz CT molecular complexity index is 204. The Morgan fingerprint density at radius 3 is 2.15 bits per heavy atom. The van der Waals surface area contributed by atoms with E-state index in [0.29, 0.717) is 0 Å². The van der Waals surface area contributed by atoms with Crippen molar-refractivity contribution in [1.82, 2.24) is 4.90 Å². The van der Waals surface area contributed by atoms with Crippen LogP contribution in [-0.2, 0) is 4.79 Å². The third-order valence-electron chi connectivity index (χ3n) is 2.19. The molecule has 1 amide bonds. The Labute approximate surface area is 76.9 Å². The summed E-state index contributed by atoms with van der Waals surface area (Å²) in [5, 5.41) is 0. The largest absolute Gasteiger partial charge is 0.341 e. The molecule has 4 heteroatoms. The van der Waals surface area contributed by atoms with Gasteiger partial charge in [0.05, 0.1) is 5.92 Å². The van der Waals surface area contributed by atoms with E-state index in [2.05, 4.69) is 0 Å². The Balaban J connectivity index is 2.40. The first-order chi connectivity index (χ1) is 5.82. The molecule has 0 aliphatic carbocycles. The average Bonchev–Trinajstić information content (AvgIpc) is 1.80. The molecule has 1 rings (SSSR count). The van der Waals surface area contributed by atoms with E-state index in [1.54, 1.807) is 20.8 Å². The number of amides is 1. The fraction of sp³-hybridized carbons (Fsp3) is 0.889. The smallest absolute Gasteiger partial charge is 0.244 e. The average molecular weight is 191 g/mol. The normalized spacial score (nSPS) is 19.1. The zero-order chi connectivity index (χ0) is 10.2. The van der Waals surface area contributed by atoms with E-state index in [-0.39, 0.29) is 19.0 Å². The molecule has 0 atom stereocenters. The van der Waals surface area contributed by atoms with Crippen molar-refractivity contribution in [3.05, 3.63) is 0 Å². The molecule has 76 valence electrons. The van der Waals surface area contributed by atoms with Gasteiger partial charge in [-0.15, -0.1) is 0 Å². The molecule has 13 heavy (non-hydrogen) atoms. The second kappa shape index (κ2) is 3.24. The fourth-order valence-electron chi connectivity index (χ4n) is 1.31. The number of nitrogens with zero attached hydrogens (tertiary/aromatic N) is 1. The van der Waals surface area contributed by atoms with Gasteiger partial charge in [-0.25, -0.2) is 8.78 Å². The van der Waals surface area contributed by atoms with Gasteiger partial charge in [0, 0.05) is 18.5 Å². The zero-order valence-electron chi connectivity index (χ0n) is 8.18. The highest BCUT2D eigenvalue weighted by Gasteiger charge is 2.39. The van der Waals surface area contributed by atoms with Crippen LogP contribution in [0.25, 0.3) is 0 Å². The lowest BCUT2D eigenvalue weighted by Crippen LogP contribution is -2.55. The van der Waals surface area contributed by atoms with Gasteiger partial charge in [-0.2, -0.15) is 0 Å². The summed E-state index contributed by atoms with van der Waals surface area (Å²) in [6.45, 7) is 5.82. The van der Waals surface area contributed by atoms with Gasteiger partial charge in [0.2, 0.25) is 12.3 Å². The minimum atomic E-state index is -2.29. The van der Waals surface area contributed by atoms with Gasteiger partial charge in [0.25, 0.3) is 0 Å². The molecule has 0 aromatic heterocycles. The van der Waals surface area contributed by atoms with Gasteiger partial charge in [0.1, 0.15) is 0 Å².